The summed E-state index contributed by atoms with van der Waals surface area (Å²) in [4.78, 5) is 26.6. The van der Waals surface area contributed by atoms with Gasteiger partial charge in [-0.15, -0.1) is 0 Å². The van der Waals surface area contributed by atoms with Crippen molar-refractivity contribution in [2.24, 2.45) is 0 Å². The minimum atomic E-state index is -0.651. The second-order valence-corrected chi connectivity index (χ2v) is 6.81. The maximum atomic E-state index is 13.0. The number of Topliss-reactive ketones (excluding diaryl/α,β-unsaturated/α-hetero) is 1. The topological polar surface area (TPSA) is 80.0 Å². The molecule has 3 aromatic rings. The number of carbonyl (C=O) groups is 2. The number of rotatable bonds is 6. The van der Waals surface area contributed by atoms with Crippen LogP contribution < -0.4 is 9.64 Å². The molecule has 30 heavy (non-hydrogen) atoms. The summed E-state index contributed by atoms with van der Waals surface area (Å²) in [6.45, 7) is -0.0657. The van der Waals surface area contributed by atoms with Gasteiger partial charge >= 0.3 is 0 Å². The van der Waals surface area contributed by atoms with Crippen LogP contribution in [0.2, 0.25) is 0 Å². The van der Waals surface area contributed by atoms with Crippen LogP contribution in [-0.4, -0.2) is 30.5 Å². The number of aliphatic hydroxyl groups is 1. The van der Waals surface area contributed by atoms with Crippen molar-refractivity contribution >= 4 is 17.4 Å². The van der Waals surface area contributed by atoms with E-state index >= 15 is 0 Å². The smallest absolute Gasteiger partial charge is 0.293 e. The second-order valence-electron chi connectivity index (χ2n) is 6.81. The van der Waals surface area contributed by atoms with Gasteiger partial charge in [0.05, 0.1) is 19.2 Å². The lowest BCUT2D eigenvalue weighted by Gasteiger charge is -2.16. The zero-order valence-electron chi connectivity index (χ0n) is 16.1. The number of hydrogen-bond donors (Lipinski definition) is 1. The molecule has 1 amide bonds. The molecule has 1 aromatic heterocycles. The van der Waals surface area contributed by atoms with E-state index in [0.29, 0.717) is 23.6 Å². The Morgan fingerprint density at radius 3 is 2.47 bits per heavy atom. The molecule has 1 N–H and O–H groups in total. The molecule has 0 bridgehead atoms. The first kappa shape index (κ1) is 19.4. The quantitative estimate of drug-likeness (QED) is 0.624. The Hall–Kier alpha value is -3.87. The molecule has 0 fully saturated rings. The number of carbonyl (C=O) groups excluding carboxylic acids is 2. The number of nitrogens with zero attached hydrogens (tertiary/aromatic N) is 1. The fourth-order valence-electron chi connectivity index (χ4n) is 3.26. The summed E-state index contributed by atoms with van der Waals surface area (Å²) in [6.07, 6.45) is 0.384. The highest BCUT2D eigenvalue weighted by atomic mass is 19.1. The van der Waals surface area contributed by atoms with Crippen LogP contribution >= 0.6 is 0 Å². The Bertz CT molecular complexity index is 1130. The fraction of sp³-hybridized carbons (Fsp3) is 0.130. The van der Waals surface area contributed by atoms with Crippen LogP contribution in [0.1, 0.15) is 21.9 Å². The van der Waals surface area contributed by atoms with Crippen LogP contribution in [0.5, 0.6) is 5.75 Å². The highest BCUT2D eigenvalue weighted by Crippen LogP contribution is 2.28. The van der Waals surface area contributed by atoms with Crippen molar-refractivity contribution in [2.45, 2.75) is 6.42 Å². The van der Waals surface area contributed by atoms with E-state index in [4.69, 9.17) is 9.15 Å². The summed E-state index contributed by atoms with van der Waals surface area (Å²) >= 11 is 0. The van der Waals surface area contributed by atoms with Gasteiger partial charge in [0, 0.05) is 12.1 Å². The van der Waals surface area contributed by atoms with Crippen LogP contribution in [0, 0.1) is 5.82 Å². The molecule has 152 valence electrons. The molecule has 0 aliphatic carbocycles. The van der Waals surface area contributed by atoms with Crippen molar-refractivity contribution in [1.82, 2.24) is 0 Å². The molecule has 4 rings (SSSR count). The van der Waals surface area contributed by atoms with Crippen molar-refractivity contribution in [3.63, 3.8) is 0 Å². The largest absolute Gasteiger partial charge is 0.503 e. The summed E-state index contributed by atoms with van der Waals surface area (Å²) in [7, 11) is 1.54. The van der Waals surface area contributed by atoms with Gasteiger partial charge in [-0.1, -0.05) is 12.1 Å². The van der Waals surface area contributed by atoms with Crippen molar-refractivity contribution in [3.8, 4) is 5.75 Å². The van der Waals surface area contributed by atoms with Gasteiger partial charge in [-0.2, -0.15) is 0 Å². The van der Waals surface area contributed by atoms with E-state index in [0.717, 1.165) is 5.56 Å². The van der Waals surface area contributed by atoms with E-state index in [2.05, 4.69) is 0 Å². The molecule has 0 spiro atoms. The van der Waals surface area contributed by atoms with Gasteiger partial charge in [-0.3, -0.25) is 9.59 Å². The van der Waals surface area contributed by atoms with Crippen LogP contribution in [-0.2, 0) is 11.2 Å². The highest BCUT2D eigenvalue weighted by Gasteiger charge is 2.36. The van der Waals surface area contributed by atoms with Crippen LogP contribution in [0.4, 0.5) is 10.1 Å². The number of ketones is 1. The summed E-state index contributed by atoms with van der Waals surface area (Å²) in [5, 5.41) is 10.3. The van der Waals surface area contributed by atoms with E-state index < -0.39 is 17.4 Å². The van der Waals surface area contributed by atoms with E-state index in [-0.39, 0.29) is 23.7 Å². The maximum absolute atomic E-state index is 13.0. The van der Waals surface area contributed by atoms with E-state index in [1.165, 1.54) is 30.2 Å². The Kier molecular flexibility index (Phi) is 5.10. The monoisotopic (exact) mass is 407 g/mol. The lowest BCUT2D eigenvalue weighted by atomic mass is 10.1. The number of benzene rings is 2. The molecular formula is C23H18FNO5. The van der Waals surface area contributed by atoms with Crippen molar-refractivity contribution in [3.05, 3.63) is 94.9 Å². The summed E-state index contributed by atoms with van der Waals surface area (Å²) in [5.74, 6) is -0.956. The minimum Gasteiger partial charge on any atom is -0.503 e. The first-order valence-electron chi connectivity index (χ1n) is 9.22. The second kappa shape index (κ2) is 7.87. The van der Waals surface area contributed by atoms with E-state index in [1.54, 1.807) is 42.5 Å². The summed E-state index contributed by atoms with van der Waals surface area (Å²) < 4.78 is 23.7. The molecule has 1 aliphatic heterocycles. The van der Waals surface area contributed by atoms with E-state index in [9.17, 15) is 19.1 Å². The Labute approximate surface area is 171 Å². The number of amides is 1. The third-order valence-electron chi connectivity index (χ3n) is 4.89. The lowest BCUT2D eigenvalue weighted by molar-refractivity contribution is -0.116. The predicted octanol–water partition coefficient (Wildman–Crippen LogP) is 4.06. The van der Waals surface area contributed by atoms with Crippen molar-refractivity contribution in [2.75, 3.05) is 18.6 Å². The number of hydrogen-bond acceptors (Lipinski definition) is 5. The fourth-order valence-corrected chi connectivity index (χ4v) is 3.26. The van der Waals surface area contributed by atoms with Gasteiger partial charge in [-0.25, -0.2) is 4.39 Å². The average molecular weight is 407 g/mol. The third kappa shape index (κ3) is 3.69. The number of aliphatic hydroxyl groups excluding tert-OH is 1. The molecule has 0 saturated heterocycles. The van der Waals surface area contributed by atoms with Gasteiger partial charge in [0.15, 0.2) is 11.5 Å². The lowest BCUT2D eigenvalue weighted by Crippen LogP contribution is -2.27. The zero-order valence-corrected chi connectivity index (χ0v) is 16.1. The standard InChI is InChI=1S/C23H18FNO5/c1-29-17-8-6-16(7-9-17)25-13-19(22(27)23(25)28)21(26)20-11-10-18(30-20)12-14-2-4-15(24)5-3-14/h2-11,27H,12-13H2,1H3. The molecule has 0 radical (unpaired) electrons. The molecule has 0 unspecified atom stereocenters. The highest BCUT2D eigenvalue weighted by molar-refractivity contribution is 6.19. The van der Waals surface area contributed by atoms with Gasteiger partial charge in [-0.05, 0) is 54.1 Å². The summed E-state index contributed by atoms with van der Waals surface area (Å²) in [5.41, 5.74) is 1.33. The molecule has 2 heterocycles. The summed E-state index contributed by atoms with van der Waals surface area (Å²) in [6, 6.07) is 15.8. The Balaban J connectivity index is 1.50. The Morgan fingerprint density at radius 1 is 1.10 bits per heavy atom. The average Bonchev–Trinajstić information content (AvgIpc) is 3.34. The number of ether oxygens (including phenoxy) is 1. The molecular weight excluding hydrogens is 389 g/mol. The van der Waals surface area contributed by atoms with Crippen LogP contribution in [0.3, 0.4) is 0 Å². The van der Waals surface area contributed by atoms with Crippen molar-refractivity contribution in [1.29, 1.82) is 0 Å². The third-order valence-corrected chi connectivity index (χ3v) is 4.89. The van der Waals surface area contributed by atoms with Gasteiger partial charge in [0.1, 0.15) is 17.3 Å². The predicted molar refractivity (Wildman–Crippen MR) is 107 cm³/mol. The molecule has 1 aliphatic rings. The molecule has 7 heteroatoms. The van der Waals surface area contributed by atoms with Crippen LogP contribution in [0.25, 0.3) is 0 Å². The SMILES string of the molecule is COc1ccc(N2CC(C(=O)c3ccc(Cc4ccc(F)cc4)o3)=C(O)C2=O)cc1. The number of halogens is 1. The van der Waals surface area contributed by atoms with E-state index in [1.807, 2.05) is 0 Å². The molecule has 0 atom stereocenters. The van der Waals surface area contributed by atoms with Gasteiger partial charge in [0.2, 0.25) is 5.78 Å². The Morgan fingerprint density at radius 2 is 1.80 bits per heavy atom. The van der Waals surface area contributed by atoms with Crippen LogP contribution in [0.15, 0.2) is 76.4 Å². The van der Waals surface area contributed by atoms with Gasteiger partial charge < -0.3 is 19.2 Å². The molecule has 6 nitrogen and oxygen atoms in total. The minimum absolute atomic E-state index is 0.0260. The number of anilines is 1. The normalized spacial score (nSPS) is 13.8. The zero-order chi connectivity index (χ0) is 21.3. The first-order valence-corrected chi connectivity index (χ1v) is 9.22. The maximum Gasteiger partial charge on any atom is 0.293 e. The number of furan rings is 1. The van der Waals surface area contributed by atoms with Crippen molar-refractivity contribution < 1.29 is 28.2 Å². The first-order chi connectivity index (χ1) is 14.5. The molecule has 2 aromatic carbocycles. The molecule has 0 saturated carbocycles. The number of methoxy groups -OCH3 is 1. The van der Waals surface area contributed by atoms with Gasteiger partial charge in [0.25, 0.3) is 5.91 Å².